The zero-order valence-electron chi connectivity index (χ0n) is 18.1. The van der Waals surface area contributed by atoms with Crippen LogP contribution in [0.25, 0.3) is 0 Å². The number of aryl methyl sites for hydroxylation is 1. The average molecular weight is 452 g/mol. The largest absolute Gasteiger partial charge is 0.488 e. The summed E-state index contributed by atoms with van der Waals surface area (Å²) in [6, 6.07) is 7.74. The SMILES string of the molecule is C[C@]12CCC3c4ccc(OS(=O)(=O)F)cc4CCC3C1CC[C@]2(C#N)O[Si](C)(C)C. The van der Waals surface area contributed by atoms with E-state index in [-0.39, 0.29) is 11.2 Å². The lowest BCUT2D eigenvalue weighted by Crippen LogP contribution is -2.54. The van der Waals surface area contributed by atoms with Gasteiger partial charge in [0, 0.05) is 5.41 Å². The number of nitrogens with zero attached hydrogens (tertiary/aromatic N) is 1. The zero-order valence-corrected chi connectivity index (χ0v) is 19.9. The second-order valence-corrected chi connectivity index (χ2v) is 15.8. The van der Waals surface area contributed by atoms with Crippen LogP contribution in [0.1, 0.15) is 56.1 Å². The predicted octanol–water partition coefficient (Wildman–Crippen LogP) is 5.25. The van der Waals surface area contributed by atoms with Gasteiger partial charge in [-0.25, -0.2) is 0 Å². The number of hydrogen-bond donors (Lipinski definition) is 0. The van der Waals surface area contributed by atoms with E-state index >= 15 is 0 Å². The molecule has 0 radical (unpaired) electrons. The van der Waals surface area contributed by atoms with Crippen molar-refractivity contribution < 1.29 is 20.9 Å². The monoisotopic (exact) mass is 451 g/mol. The molecule has 2 fully saturated rings. The minimum Gasteiger partial charge on any atom is -0.399 e. The third-order valence-electron chi connectivity index (χ3n) is 7.67. The Bertz CT molecular complexity index is 1000. The molecule has 1 aromatic carbocycles. The first-order valence-electron chi connectivity index (χ1n) is 10.8. The van der Waals surface area contributed by atoms with Crippen LogP contribution in [0.3, 0.4) is 0 Å². The Hall–Kier alpha value is -1.43. The summed E-state index contributed by atoms with van der Waals surface area (Å²) in [4.78, 5) is 0. The van der Waals surface area contributed by atoms with Crippen molar-refractivity contribution in [2.45, 2.75) is 76.6 Å². The second-order valence-electron chi connectivity index (χ2n) is 10.4. The summed E-state index contributed by atoms with van der Waals surface area (Å²) >= 11 is 0. The summed E-state index contributed by atoms with van der Waals surface area (Å²) in [7, 11) is -6.90. The molecule has 0 N–H and O–H groups in total. The van der Waals surface area contributed by atoms with Gasteiger partial charge in [0.25, 0.3) is 0 Å². The normalized spacial score (nSPS) is 35.7. The highest BCUT2D eigenvalue weighted by atomic mass is 32.3. The molecule has 3 unspecified atom stereocenters. The van der Waals surface area contributed by atoms with Crippen LogP contribution in [0.15, 0.2) is 18.2 Å². The molecule has 3 aliphatic rings. The Morgan fingerprint density at radius 1 is 1.20 bits per heavy atom. The Morgan fingerprint density at radius 2 is 1.93 bits per heavy atom. The summed E-state index contributed by atoms with van der Waals surface area (Å²) in [6.07, 6.45) is 5.51. The summed E-state index contributed by atoms with van der Waals surface area (Å²) in [5.74, 6) is 1.32. The number of halogens is 1. The van der Waals surface area contributed by atoms with Crippen molar-refractivity contribution in [3.05, 3.63) is 29.3 Å². The van der Waals surface area contributed by atoms with Crippen LogP contribution in [0.4, 0.5) is 3.89 Å². The zero-order chi connectivity index (χ0) is 21.9. The fraction of sp³-hybridized carbons (Fsp3) is 0.682. The Balaban J connectivity index is 1.63. The van der Waals surface area contributed by atoms with Crippen molar-refractivity contribution in [3.63, 3.8) is 0 Å². The first kappa shape index (κ1) is 21.8. The molecule has 5 nitrogen and oxygen atoms in total. The summed E-state index contributed by atoms with van der Waals surface area (Å²) in [5, 5.41) is 10.2. The molecule has 0 aliphatic heterocycles. The maximum absolute atomic E-state index is 12.9. The molecule has 2 saturated carbocycles. The van der Waals surface area contributed by atoms with E-state index in [0.29, 0.717) is 17.8 Å². The van der Waals surface area contributed by atoms with E-state index in [2.05, 4.69) is 36.8 Å². The van der Waals surface area contributed by atoms with Gasteiger partial charge in [-0.3, -0.25) is 0 Å². The lowest BCUT2D eigenvalue weighted by atomic mass is 9.53. The summed E-state index contributed by atoms with van der Waals surface area (Å²) < 4.78 is 45.6. The fourth-order valence-electron chi connectivity index (χ4n) is 6.62. The lowest BCUT2D eigenvalue weighted by molar-refractivity contribution is -0.0549. The third kappa shape index (κ3) is 3.59. The minimum atomic E-state index is -5.02. The lowest BCUT2D eigenvalue weighted by Gasteiger charge is -2.53. The highest BCUT2D eigenvalue weighted by Gasteiger charge is 2.64. The molecule has 0 bridgehead atoms. The first-order chi connectivity index (χ1) is 13.9. The van der Waals surface area contributed by atoms with Crippen molar-refractivity contribution in [1.82, 2.24) is 0 Å². The van der Waals surface area contributed by atoms with E-state index in [4.69, 9.17) is 4.43 Å². The smallest absolute Gasteiger partial charge is 0.399 e. The van der Waals surface area contributed by atoms with Crippen LogP contribution in [0, 0.1) is 28.6 Å². The molecule has 0 aromatic heterocycles. The maximum atomic E-state index is 12.9. The van der Waals surface area contributed by atoms with Gasteiger partial charge in [-0.1, -0.05) is 16.9 Å². The van der Waals surface area contributed by atoms with Crippen molar-refractivity contribution >= 4 is 18.8 Å². The van der Waals surface area contributed by atoms with Crippen LogP contribution in [0.5, 0.6) is 5.75 Å². The predicted molar refractivity (Wildman–Crippen MR) is 114 cm³/mol. The molecule has 8 heteroatoms. The highest BCUT2D eigenvalue weighted by Crippen LogP contribution is 2.65. The fourth-order valence-corrected chi connectivity index (χ4v) is 8.38. The Kier molecular flexibility index (Phi) is 5.11. The second kappa shape index (κ2) is 7.04. The topological polar surface area (TPSA) is 76.4 Å². The molecule has 30 heavy (non-hydrogen) atoms. The van der Waals surface area contributed by atoms with E-state index in [1.807, 2.05) is 6.07 Å². The van der Waals surface area contributed by atoms with Gasteiger partial charge >= 0.3 is 10.5 Å². The number of hydrogen-bond acceptors (Lipinski definition) is 5. The van der Waals surface area contributed by atoms with E-state index in [1.54, 1.807) is 12.1 Å². The number of rotatable bonds is 4. The molecule has 0 saturated heterocycles. The van der Waals surface area contributed by atoms with E-state index in [0.717, 1.165) is 44.1 Å². The van der Waals surface area contributed by atoms with Gasteiger partial charge < -0.3 is 8.61 Å². The van der Waals surface area contributed by atoms with Crippen LogP contribution in [0.2, 0.25) is 19.6 Å². The van der Waals surface area contributed by atoms with Crippen molar-refractivity contribution in [3.8, 4) is 11.8 Å². The van der Waals surface area contributed by atoms with E-state index in [1.165, 1.54) is 5.56 Å². The van der Waals surface area contributed by atoms with Gasteiger partial charge in [0.2, 0.25) is 0 Å². The molecular weight excluding hydrogens is 421 g/mol. The Labute approximate surface area is 180 Å². The van der Waals surface area contributed by atoms with Gasteiger partial charge in [-0.2, -0.15) is 13.7 Å². The molecule has 0 heterocycles. The number of benzene rings is 1. The van der Waals surface area contributed by atoms with Crippen LogP contribution in [-0.4, -0.2) is 22.3 Å². The van der Waals surface area contributed by atoms with E-state index < -0.39 is 24.4 Å². The van der Waals surface area contributed by atoms with Gasteiger partial charge in [0.05, 0.1) is 6.07 Å². The average Bonchev–Trinajstić information content (AvgIpc) is 2.91. The van der Waals surface area contributed by atoms with Crippen LogP contribution in [-0.2, 0) is 21.4 Å². The van der Waals surface area contributed by atoms with Gasteiger partial charge in [-0.05, 0) is 99.2 Å². The summed E-state index contributed by atoms with van der Waals surface area (Å²) in [5.41, 5.74) is 1.42. The molecular formula is C22H30FNO4SSi. The highest BCUT2D eigenvalue weighted by molar-refractivity contribution is 7.81. The van der Waals surface area contributed by atoms with Crippen LogP contribution >= 0.6 is 0 Å². The van der Waals surface area contributed by atoms with Crippen molar-refractivity contribution in [2.24, 2.45) is 17.3 Å². The maximum Gasteiger partial charge on any atom is 0.488 e. The van der Waals surface area contributed by atoms with Gasteiger partial charge in [-0.15, -0.1) is 0 Å². The minimum absolute atomic E-state index is 0.0308. The molecule has 5 atom stereocenters. The van der Waals surface area contributed by atoms with Crippen LogP contribution < -0.4 is 4.18 Å². The molecule has 0 amide bonds. The number of nitriles is 1. The molecule has 4 rings (SSSR count). The first-order valence-corrected chi connectivity index (χ1v) is 15.5. The molecule has 0 spiro atoms. The summed E-state index contributed by atoms with van der Waals surface area (Å²) in [6.45, 7) is 8.73. The third-order valence-corrected chi connectivity index (χ3v) is 9.03. The molecule has 1 aromatic rings. The standard InChI is InChI=1S/C22H30FNO4SSi/c1-21-11-9-18-17-8-6-16(27-29(23,25)26)13-15(17)5-7-19(18)20(21)10-12-22(21,14-24)28-30(2,3)4/h6,8,13,18-20H,5,7,9-12H2,1-4H3/t18?,19?,20?,21-,22+/m0/s1. The molecule has 164 valence electrons. The quantitative estimate of drug-likeness (QED) is 0.462. The van der Waals surface area contributed by atoms with E-state index in [9.17, 15) is 17.6 Å². The van der Waals surface area contributed by atoms with Crippen molar-refractivity contribution in [1.29, 1.82) is 5.26 Å². The Morgan fingerprint density at radius 3 is 2.57 bits per heavy atom. The molecule has 3 aliphatic carbocycles. The van der Waals surface area contributed by atoms with Crippen molar-refractivity contribution in [2.75, 3.05) is 0 Å². The van der Waals surface area contributed by atoms with Gasteiger partial charge in [0.15, 0.2) is 8.32 Å². The van der Waals surface area contributed by atoms with Gasteiger partial charge in [0.1, 0.15) is 11.4 Å². The number of fused-ring (bicyclic) bond motifs is 5.